The summed E-state index contributed by atoms with van der Waals surface area (Å²) in [6.45, 7) is 6.22. The Kier molecular flexibility index (Phi) is 5.76. The lowest BCUT2D eigenvalue weighted by Gasteiger charge is -2.02. The molecule has 1 aromatic heterocycles. The van der Waals surface area contributed by atoms with Crippen LogP contribution in [0.1, 0.15) is 31.7 Å². The fraction of sp³-hybridized carbons (Fsp3) is 0.545. The van der Waals surface area contributed by atoms with Gasteiger partial charge in [-0.3, -0.25) is 9.19 Å². The average molecular weight is 255 g/mol. The molecule has 0 saturated heterocycles. The van der Waals surface area contributed by atoms with Crippen LogP contribution < -0.4 is 0 Å². The maximum absolute atomic E-state index is 11.7. The minimum Gasteiger partial charge on any atom is -0.396 e. The van der Waals surface area contributed by atoms with Gasteiger partial charge < -0.3 is 4.84 Å². The topological polar surface area (TPSA) is 64.4 Å². The predicted molar refractivity (Wildman–Crippen MR) is 67.6 cm³/mol. The van der Waals surface area contributed by atoms with E-state index in [1.54, 1.807) is 13.1 Å². The number of aryl methyl sites for hydroxylation is 1. The van der Waals surface area contributed by atoms with E-state index in [4.69, 9.17) is 4.84 Å². The van der Waals surface area contributed by atoms with E-state index in [1.807, 2.05) is 13.8 Å². The number of oxime groups is 1. The molecule has 0 N–H and O–H groups in total. The highest BCUT2D eigenvalue weighted by atomic mass is 32.2. The largest absolute Gasteiger partial charge is 0.396 e. The predicted octanol–water partition coefficient (Wildman–Crippen LogP) is 1.67. The Hall–Kier alpha value is -1.30. The molecule has 5 nitrogen and oxygen atoms in total. The normalized spacial score (nSPS) is 12.9. The van der Waals surface area contributed by atoms with Crippen molar-refractivity contribution < 1.29 is 9.05 Å². The Balaban J connectivity index is 2.81. The van der Waals surface area contributed by atoms with Crippen LogP contribution >= 0.6 is 0 Å². The van der Waals surface area contributed by atoms with Crippen LogP contribution in [0.3, 0.4) is 0 Å². The van der Waals surface area contributed by atoms with Crippen molar-refractivity contribution in [3.8, 4) is 0 Å². The molecule has 1 aromatic rings. The first-order valence-corrected chi connectivity index (χ1v) is 6.88. The number of nitrogens with zero attached hydrogens (tertiary/aromatic N) is 3. The summed E-state index contributed by atoms with van der Waals surface area (Å²) in [6.07, 6.45) is 3.98. The molecule has 1 unspecified atom stereocenters. The van der Waals surface area contributed by atoms with E-state index in [1.165, 1.54) is 6.21 Å². The monoisotopic (exact) mass is 255 g/mol. The molecule has 0 aliphatic carbocycles. The highest BCUT2D eigenvalue weighted by molar-refractivity contribution is 7.84. The third-order valence-electron chi connectivity index (χ3n) is 1.96. The summed E-state index contributed by atoms with van der Waals surface area (Å²) in [6, 6.07) is 0. The smallest absolute Gasteiger partial charge is 0.149 e. The first-order valence-electron chi connectivity index (χ1n) is 5.56. The third-order valence-corrected chi connectivity index (χ3v) is 3.31. The minimum atomic E-state index is -1.10. The zero-order chi connectivity index (χ0) is 12.7. The number of rotatable bonds is 6. The van der Waals surface area contributed by atoms with Crippen molar-refractivity contribution >= 4 is 17.0 Å². The highest BCUT2D eigenvalue weighted by Crippen LogP contribution is 2.07. The zero-order valence-corrected chi connectivity index (χ0v) is 11.2. The maximum atomic E-state index is 11.7. The summed E-state index contributed by atoms with van der Waals surface area (Å²) in [7, 11) is -1.10. The third kappa shape index (κ3) is 4.22. The maximum Gasteiger partial charge on any atom is 0.149 e. The van der Waals surface area contributed by atoms with Crippen LogP contribution in [0.4, 0.5) is 0 Å². The Morgan fingerprint density at radius 2 is 2.29 bits per heavy atom. The van der Waals surface area contributed by atoms with Crippen molar-refractivity contribution in [3.05, 3.63) is 17.6 Å². The molecule has 1 rings (SSSR count). The molecule has 1 heterocycles. The number of aromatic nitrogens is 2. The summed E-state index contributed by atoms with van der Waals surface area (Å²) in [5.74, 6) is 0.530. The van der Waals surface area contributed by atoms with Crippen LogP contribution in [-0.2, 0) is 15.6 Å². The molecular weight excluding hydrogens is 238 g/mol. The molecule has 1 atom stereocenters. The van der Waals surface area contributed by atoms with E-state index in [0.717, 1.165) is 6.42 Å². The van der Waals surface area contributed by atoms with E-state index < -0.39 is 10.8 Å². The van der Waals surface area contributed by atoms with E-state index in [2.05, 4.69) is 15.1 Å². The zero-order valence-electron chi connectivity index (χ0n) is 10.3. The van der Waals surface area contributed by atoms with Crippen molar-refractivity contribution in [2.24, 2.45) is 5.16 Å². The molecule has 0 aliphatic heterocycles. The van der Waals surface area contributed by atoms with Crippen LogP contribution in [0.25, 0.3) is 0 Å². The summed E-state index contributed by atoms with van der Waals surface area (Å²) in [4.78, 5) is 13.4. The van der Waals surface area contributed by atoms with Crippen molar-refractivity contribution in [1.29, 1.82) is 0 Å². The van der Waals surface area contributed by atoms with Crippen LogP contribution in [0.15, 0.2) is 16.4 Å². The van der Waals surface area contributed by atoms with Gasteiger partial charge in [-0.1, -0.05) is 19.0 Å². The van der Waals surface area contributed by atoms with Gasteiger partial charge in [0.1, 0.15) is 17.3 Å². The van der Waals surface area contributed by atoms with Crippen LogP contribution in [0.2, 0.25) is 0 Å². The lowest BCUT2D eigenvalue weighted by molar-refractivity contribution is 0.146. The van der Waals surface area contributed by atoms with Gasteiger partial charge in [-0.2, -0.15) is 0 Å². The van der Waals surface area contributed by atoms with E-state index in [-0.39, 0.29) is 0 Å². The molecule has 0 spiro atoms. The van der Waals surface area contributed by atoms with Gasteiger partial charge in [-0.15, -0.1) is 0 Å². The molecule has 17 heavy (non-hydrogen) atoms. The summed E-state index contributed by atoms with van der Waals surface area (Å²) in [5, 5.41) is 4.28. The molecule has 0 bridgehead atoms. The average Bonchev–Trinajstić information content (AvgIpc) is 2.35. The molecule has 0 aliphatic rings. The van der Waals surface area contributed by atoms with Gasteiger partial charge in [0.15, 0.2) is 0 Å². The van der Waals surface area contributed by atoms with E-state index in [0.29, 0.717) is 28.8 Å². The standard InChI is InChI=1S/C11H17N3O2S/c1-4-6-16-13-8-10-7-12-9(3)11(14-10)17(15)5-2/h7-8H,4-6H2,1-3H3/b13-8+. The first-order chi connectivity index (χ1) is 8.19. The van der Waals surface area contributed by atoms with Gasteiger partial charge in [-0.25, -0.2) is 4.98 Å². The fourth-order valence-electron chi connectivity index (χ4n) is 1.10. The molecule has 6 heteroatoms. The molecule has 0 radical (unpaired) electrons. The van der Waals surface area contributed by atoms with E-state index >= 15 is 0 Å². The Bertz CT molecular complexity index is 421. The van der Waals surface area contributed by atoms with Crippen molar-refractivity contribution in [2.75, 3.05) is 12.4 Å². The second-order valence-corrected chi connectivity index (χ2v) is 5.04. The molecule has 0 saturated carbocycles. The van der Waals surface area contributed by atoms with Crippen LogP contribution in [-0.4, -0.2) is 32.8 Å². The van der Waals surface area contributed by atoms with Crippen LogP contribution in [0, 0.1) is 6.92 Å². The van der Waals surface area contributed by atoms with Crippen molar-refractivity contribution in [1.82, 2.24) is 9.97 Å². The SMILES string of the molecule is CCCO/N=C/c1cnc(C)c(S(=O)CC)n1. The van der Waals surface area contributed by atoms with Gasteiger partial charge in [0.2, 0.25) is 0 Å². The second kappa shape index (κ2) is 7.11. The van der Waals surface area contributed by atoms with Gasteiger partial charge >= 0.3 is 0 Å². The van der Waals surface area contributed by atoms with Gasteiger partial charge in [0.25, 0.3) is 0 Å². The Labute approximate surface area is 104 Å². The van der Waals surface area contributed by atoms with Gasteiger partial charge in [-0.05, 0) is 13.3 Å². The lowest BCUT2D eigenvalue weighted by atomic mass is 10.4. The summed E-state index contributed by atoms with van der Waals surface area (Å²) >= 11 is 0. The first kappa shape index (κ1) is 13.8. The molecule has 0 amide bonds. The van der Waals surface area contributed by atoms with Gasteiger partial charge in [0.05, 0.1) is 28.9 Å². The Morgan fingerprint density at radius 1 is 1.53 bits per heavy atom. The van der Waals surface area contributed by atoms with Gasteiger partial charge in [0, 0.05) is 5.75 Å². The summed E-state index contributed by atoms with van der Waals surface area (Å²) in [5.41, 5.74) is 1.25. The highest BCUT2D eigenvalue weighted by Gasteiger charge is 2.08. The fourth-order valence-corrected chi connectivity index (χ4v) is 1.96. The van der Waals surface area contributed by atoms with Crippen LogP contribution in [0.5, 0.6) is 0 Å². The Morgan fingerprint density at radius 3 is 2.94 bits per heavy atom. The molecule has 94 valence electrons. The quantitative estimate of drug-likeness (QED) is 0.440. The van der Waals surface area contributed by atoms with Crippen molar-refractivity contribution in [2.45, 2.75) is 32.2 Å². The molecule has 0 fully saturated rings. The summed E-state index contributed by atoms with van der Waals surface area (Å²) < 4.78 is 11.7. The minimum absolute atomic E-state index is 0.520. The molecule has 0 aromatic carbocycles. The molecular formula is C11H17N3O2S. The second-order valence-electron chi connectivity index (χ2n) is 3.39. The lowest BCUT2D eigenvalue weighted by Crippen LogP contribution is -2.05. The van der Waals surface area contributed by atoms with Crippen molar-refractivity contribution in [3.63, 3.8) is 0 Å². The number of hydrogen-bond acceptors (Lipinski definition) is 5. The number of hydrogen-bond donors (Lipinski definition) is 0. The van der Waals surface area contributed by atoms with E-state index in [9.17, 15) is 4.21 Å².